The van der Waals surface area contributed by atoms with Gasteiger partial charge in [-0.15, -0.1) is 13.2 Å². The molecule has 3 aliphatic rings. The molecule has 0 radical (unpaired) electrons. The highest BCUT2D eigenvalue weighted by molar-refractivity contribution is 5.98. The van der Waals surface area contributed by atoms with E-state index in [-0.39, 0.29) is 37.3 Å². The lowest BCUT2D eigenvalue weighted by Crippen LogP contribution is -2.55. The van der Waals surface area contributed by atoms with Crippen molar-refractivity contribution >= 4 is 29.6 Å². The number of ketones is 1. The minimum absolute atomic E-state index is 0.0212. The number of carbonyl (C=O) groups is 5. The Balaban J connectivity index is 1.76. The lowest BCUT2D eigenvalue weighted by Gasteiger charge is -2.31. The van der Waals surface area contributed by atoms with Gasteiger partial charge in [0.05, 0.1) is 12.0 Å². The molecule has 14 heteroatoms. The molecule has 2 aliphatic heterocycles. The molecule has 3 rings (SSSR count). The molecule has 3 N–H and O–H groups in total. The fourth-order valence-corrected chi connectivity index (χ4v) is 5.35. The Morgan fingerprint density at radius 3 is 2.24 bits per heavy atom. The first-order valence-electron chi connectivity index (χ1n) is 14.0. The first-order chi connectivity index (χ1) is 18.8. The molecular weight excluding hydrogens is 549 g/mol. The topological polar surface area (TPSA) is 143 Å². The summed E-state index contributed by atoms with van der Waals surface area (Å²) in [6.45, 7) is 10.6. The monoisotopic (exact) mass is 590 g/mol. The van der Waals surface area contributed by atoms with E-state index in [1.54, 1.807) is 20.8 Å². The number of nitrogens with zero attached hydrogens (tertiary/aromatic N) is 1. The fourth-order valence-electron chi connectivity index (χ4n) is 5.35. The molecule has 0 bridgehead atoms. The number of alkyl halides is 3. The van der Waals surface area contributed by atoms with Gasteiger partial charge in [-0.3, -0.25) is 23.9 Å². The third-order valence-electron chi connectivity index (χ3n) is 7.52. The summed E-state index contributed by atoms with van der Waals surface area (Å²) in [7, 11) is 0. The number of ether oxygens (including phenoxy) is 2. The van der Waals surface area contributed by atoms with Gasteiger partial charge in [-0.1, -0.05) is 13.8 Å². The number of halogens is 3. The van der Waals surface area contributed by atoms with Crippen molar-refractivity contribution in [3.8, 4) is 0 Å². The maximum absolute atomic E-state index is 13.7. The zero-order valence-corrected chi connectivity index (χ0v) is 24.4. The molecule has 3 fully saturated rings. The summed E-state index contributed by atoms with van der Waals surface area (Å²) in [6, 6.07) is -2.45. The number of nitrogens with one attached hydrogen (secondary N) is 3. The van der Waals surface area contributed by atoms with Crippen LogP contribution >= 0.6 is 0 Å². The molecule has 1 aliphatic carbocycles. The molecule has 2 heterocycles. The van der Waals surface area contributed by atoms with Gasteiger partial charge in [-0.25, -0.2) is 4.79 Å². The maximum atomic E-state index is 13.7. The molecule has 0 aromatic carbocycles. The molecule has 11 nitrogen and oxygen atoms in total. The number of hydrogen-bond donors (Lipinski definition) is 3. The molecular formula is C27H41F3N4O7. The molecule has 0 aromatic heterocycles. The van der Waals surface area contributed by atoms with Gasteiger partial charge in [0.15, 0.2) is 11.9 Å². The number of carbonyl (C=O) groups excluding carboxylic acids is 5. The van der Waals surface area contributed by atoms with E-state index < -0.39 is 71.7 Å². The van der Waals surface area contributed by atoms with Crippen molar-refractivity contribution in [2.75, 3.05) is 13.1 Å². The SMILES string of the molecule is CC(C)C[C@@H](OC(=O)NC(C)(C)C)C(=O)N1CC2(CC2)C[C@H]1C(=O)NC(C)C(=O)[C@@H](OC(F)(F)F)[C@@H]1CCNC1=O. The number of likely N-dealkylation sites (tertiary alicyclic amines) is 1. The van der Waals surface area contributed by atoms with Crippen LogP contribution in [-0.2, 0) is 28.7 Å². The van der Waals surface area contributed by atoms with Crippen molar-refractivity contribution < 1.29 is 46.6 Å². The van der Waals surface area contributed by atoms with Gasteiger partial charge >= 0.3 is 12.5 Å². The normalized spacial score (nSPS) is 24.0. The van der Waals surface area contributed by atoms with Gasteiger partial charge in [0.1, 0.15) is 12.1 Å². The largest absolute Gasteiger partial charge is 0.523 e. The molecule has 4 amide bonds. The molecule has 0 aromatic rings. The third kappa shape index (κ3) is 8.79. The average molecular weight is 591 g/mol. The minimum atomic E-state index is -5.18. The Labute approximate surface area is 237 Å². The highest BCUT2D eigenvalue weighted by atomic mass is 19.4. The molecule has 2 saturated heterocycles. The van der Waals surface area contributed by atoms with E-state index in [9.17, 15) is 37.1 Å². The van der Waals surface area contributed by atoms with Gasteiger partial charge in [0.25, 0.3) is 5.91 Å². The predicted octanol–water partition coefficient (Wildman–Crippen LogP) is 2.42. The van der Waals surface area contributed by atoms with Crippen LogP contribution in [0.3, 0.4) is 0 Å². The second kappa shape index (κ2) is 12.1. The van der Waals surface area contributed by atoms with Crippen molar-refractivity contribution in [2.45, 2.75) is 110 Å². The first kappa shape index (κ1) is 32.6. The van der Waals surface area contributed by atoms with E-state index in [2.05, 4.69) is 20.7 Å². The van der Waals surface area contributed by atoms with Gasteiger partial charge in [-0.05, 0) is 71.1 Å². The minimum Gasteiger partial charge on any atom is -0.436 e. The van der Waals surface area contributed by atoms with Crippen LogP contribution in [0.2, 0.25) is 0 Å². The number of alkyl carbamates (subject to hydrolysis) is 1. The zero-order valence-electron chi connectivity index (χ0n) is 24.4. The van der Waals surface area contributed by atoms with Gasteiger partial charge in [-0.2, -0.15) is 0 Å². The Hall–Kier alpha value is -2.90. The quantitative estimate of drug-likeness (QED) is 0.355. The lowest BCUT2D eigenvalue weighted by atomic mass is 9.93. The smallest absolute Gasteiger partial charge is 0.436 e. The molecule has 1 spiro atoms. The van der Waals surface area contributed by atoms with Gasteiger partial charge in [0, 0.05) is 18.6 Å². The van der Waals surface area contributed by atoms with Gasteiger partial charge < -0.3 is 25.6 Å². The van der Waals surface area contributed by atoms with E-state index in [0.29, 0.717) is 6.42 Å². The molecule has 232 valence electrons. The molecule has 41 heavy (non-hydrogen) atoms. The number of amides is 4. The highest BCUT2D eigenvalue weighted by Gasteiger charge is 2.56. The Morgan fingerprint density at radius 2 is 1.76 bits per heavy atom. The lowest BCUT2D eigenvalue weighted by molar-refractivity contribution is -0.341. The molecule has 1 saturated carbocycles. The second-order valence-electron chi connectivity index (χ2n) is 12.9. The second-order valence-corrected chi connectivity index (χ2v) is 12.9. The van der Waals surface area contributed by atoms with Crippen LogP contribution in [0, 0.1) is 17.3 Å². The fraction of sp³-hybridized carbons (Fsp3) is 0.815. The Bertz CT molecular complexity index is 1040. The summed E-state index contributed by atoms with van der Waals surface area (Å²) in [4.78, 5) is 66.1. The van der Waals surface area contributed by atoms with Crippen LogP contribution in [-0.4, -0.2) is 83.8 Å². The van der Waals surface area contributed by atoms with Crippen molar-refractivity contribution in [2.24, 2.45) is 17.3 Å². The van der Waals surface area contributed by atoms with E-state index in [1.165, 1.54) is 11.8 Å². The van der Waals surface area contributed by atoms with Crippen LogP contribution in [0.15, 0.2) is 0 Å². The van der Waals surface area contributed by atoms with Crippen molar-refractivity contribution in [3.05, 3.63) is 0 Å². The summed E-state index contributed by atoms with van der Waals surface area (Å²) in [5.74, 6) is -4.47. The van der Waals surface area contributed by atoms with Crippen LogP contribution in [0.1, 0.15) is 73.6 Å². The van der Waals surface area contributed by atoms with Crippen LogP contribution < -0.4 is 16.0 Å². The number of hydrogen-bond acceptors (Lipinski definition) is 7. The van der Waals surface area contributed by atoms with Crippen LogP contribution in [0.5, 0.6) is 0 Å². The summed E-state index contributed by atoms with van der Waals surface area (Å²) in [6.07, 6.45) is -7.18. The van der Waals surface area contributed by atoms with Gasteiger partial charge in [0.2, 0.25) is 11.8 Å². The maximum Gasteiger partial charge on any atom is 0.523 e. The van der Waals surface area contributed by atoms with Crippen LogP contribution in [0.4, 0.5) is 18.0 Å². The van der Waals surface area contributed by atoms with Crippen molar-refractivity contribution in [3.63, 3.8) is 0 Å². The number of rotatable bonds is 10. The zero-order chi connectivity index (χ0) is 30.9. The van der Waals surface area contributed by atoms with E-state index in [1.807, 2.05) is 13.8 Å². The highest BCUT2D eigenvalue weighted by Crippen LogP contribution is 2.55. The average Bonchev–Trinajstić information content (AvgIpc) is 3.25. The molecule has 5 atom stereocenters. The number of Topliss-reactive ketones (excluding diaryl/α,β-unsaturated/α-hetero) is 1. The van der Waals surface area contributed by atoms with Crippen LogP contribution in [0.25, 0.3) is 0 Å². The Morgan fingerprint density at radius 1 is 1.12 bits per heavy atom. The Kier molecular flexibility index (Phi) is 9.66. The standard InChI is InChI=1S/C27H41F3N4O7/c1-14(2)11-18(40-24(39)33-25(4,5)6)23(38)34-13-26(8-9-26)12-17(34)22(37)32-15(3)19(35)20(41-27(28,29)30)16-7-10-31-21(16)36/h14-18,20H,7-13H2,1-6H3,(H,31,36)(H,32,37)(H,33,39)/t15?,16-,17-,18+,20-/m0/s1. The predicted molar refractivity (Wildman–Crippen MR) is 139 cm³/mol. The summed E-state index contributed by atoms with van der Waals surface area (Å²) in [5, 5.41) is 7.49. The van der Waals surface area contributed by atoms with E-state index >= 15 is 0 Å². The third-order valence-corrected chi connectivity index (χ3v) is 7.52. The van der Waals surface area contributed by atoms with Crippen molar-refractivity contribution in [1.29, 1.82) is 0 Å². The summed E-state index contributed by atoms with van der Waals surface area (Å²) in [5.41, 5.74) is -0.878. The first-order valence-corrected chi connectivity index (χ1v) is 14.0. The van der Waals surface area contributed by atoms with E-state index in [4.69, 9.17) is 4.74 Å². The molecule has 1 unspecified atom stereocenters. The van der Waals surface area contributed by atoms with Crippen molar-refractivity contribution in [1.82, 2.24) is 20.9 Å². The summed E-state index contributed by atoms with van der Waals surface area (Å²) < 4.78 is 48.9. The summed E-state index contributed by atoms with van der Waals surface area (Å²) >= 11 is 0. The van der Waals surface area contributed by atoms with E-state index in [0.717, 1.165) is 12.8 Å².